The molecule has 8 aromatic carbocycles. The molecule has 11 aromatic heterocycles. The van der Waals surface area contributed by atoms with Crippen molar-refractivity contribution >= 4 is 117 Å². The van der Waals surface area contributed by atoms with Crippen molar-refractivity contribution in [1.82, 2.24) is 68.5 Å². The number of fused-ring (bicyclic) bond motifs is 9. The first kappa shape index (κ1) is 121. The summed E-state index contributed by atoms with van der Waals surface area (Å²) in [5.41, 5.74) is 25.5. The molecule has 17 heterocycles. The molecular formula is C119H156N18O5S. The second-order valence-electron chi connectivity index (χ2n) is 27.6. The number of hydrogen-bond acceptors (Lipinski definition) is 21. The first-order valence-corrected chi connectivity index (χ1v) is 52.4. The van der Waals surface area contributed by atoms with Gasteiger partial charge in [0.2, 0.25) is 5.71 Å². The maximum absolute atomic E-state index is 5.62. The van der Waals surface area contributed by atoms with Crippen molar-refractivity contribution in [2.75, 3.05) is 31.7 Å². The fourth-order valence-corrected chi connectivity index (χ4v) is 14.6. The topological polar surface area (TPSA) is 260 Å². The number of pyridine rings is 4. The minimum Gasteiger partial charge on any atom is -0.491 e. The van der Waals surface area contributed by atoms with E-state index in [1.807, 2.05) is 373 Å². The number of nitrogens with one attached hydrogen (secondary N) is 1. The van der Waals surface area contributed by atoms with Gasteiger partial charge in [0, 0.05) is 86.3 Å². The lowest BCUT2D eigenvalue weighted by Gasteiger charge is -2.16. The van der Waals surface area contributed by atoms with E-state index >= 15 is 0 Å². The van der Waals surface area contributed by atoms with Gasteiger partial charge in [0.1, 0.15) is 59.0 Å². The number of allylic oxidation sites excluding steroid dienone is 1. The fraction of sp³-hybridized carbons (Fsp3) is 0.328. The van der Waals surface area contributed by atoms with E-state index in [-0.39, 0.29) is 0 Å². The fourth-order valence-electron chi connectivity index (χ4n) is 14.0. The largest absolute Gasteiger partial charge is 0.491 e. The van der Waals surface area contributed by atoms with Crippen LogP contribution < -0.4 is 19.5 Å². The van der Waals surface area contributed by atoms with Crippen molar-refractivity contribution in [1.29, 1.82) is 0 Å². The number of aryl methyl sites for hydroxylation is 3. The van der Waals surface area contributed by atoms with Gasteiger partial charge >= 0.3 is 0 Å². The molecule has 2 aliphatic carbocycles. The van der Waals surface area contributed by atoms with Gasteiger partial charge in [0.25, 0.3) is 0 Å². The van der Waals surface area contributed by atoms with Gasteiger partial charge in [-0.2, -0.15) is 10.2 Å². The Balaban J connectivity index is 0.000000319. The molecule has 0 radical (unpaired) electrons. The normalized spacial score (nSPS) is 11.5. The van der Waals surface area contributed by atoms with Crippen LogP contribution in [0.4, 0.5) is 17.1 Å². The van der Waals surface area contributed by atoms with Crippen LogP contribution in [0.3, 0.4) is 0 Å². The summed E-state index contributed by atoms with van der Waals surface area (Å²) in [5, 5.41) is 13.2. The zero-order chi connectivity index (χ0) is 104. The van der Waals surface area contributed by atoms with Crippen LogP contribution in [-0.2, 0) is 58.3 Å². The average molecular weight is 1950 g/mol. The predicted octanol–water partition coefficient (Wildman–Crippen LogP) is 33.1. The maximum Gasteiger partial charge on any atom is 0.228 e. The summed E-state index contributed by atoms with van der Waals surface area (Å²) in [6.07, 6.45) is 35.2. The molecule has 0 saturated heterocycles. The number of imidazole rings is 3. The van der Waals surface area contributed by atoms with Gasteiger partial charge in [0.15, 0.2) is 12.0 Å². The lowest BCUT2D eigenvalue weighted by molar-refractivity contribution is 0.287. The van der Waals surface area contributed by atoms with Crippen LogP contribution in [0.5, 0.6) is 17.2 Å². The highest BCUT2D eigenvalue weighted by atomic mass is 32.1. The minimum absolute atomic E-state index is 0.644. The van der Waals surface area contributed by atoms with Crippen molar-refractivity contribution in [2.24, 2.45) is 15.2 Å². The van der Waals surface area contributed by atoms with Crippen molar-refractivity contribution in [2.45, 2.75) is 237 Å². The van der Waals surface area contributed by atoms with E-state index < -0.39 is 0 Å². The number of furan rings is 1. The smallest absolute Gasteiger partial charge is 0.228 e. The highest BCUT2D eigenvalue weighted by Gasteiger charge is 2.17. The van der Waals surface area contributed by atoms with Gasteiger partial charge in [-0.3, -0.25) is 24.9 Å². The molecule has 0 fully saturated rings. The molecule has 27 rings (SSSR count). The van der Waals surface area contributed by atoms with Crippen LogP contribution in [0.15, 0.2) is 335 Å². The first-order valence-electron chi connectivity index (χ1n) is 51.5. The minimum atomic E-state index is 0.644. The first-order chi connectivity index (χ1) is 71.0. The molecule has 0 amide bonds. The zero-order valence-electron chi connectivity index (χ0n) is 89.3. The van der Waals surface area contributed by atoms with Gasteiger partial charge in [-0.05, 0) is 164 Å². The van der Waals surface area contributed by atoms with Crippen LogP contribution in [0.2, 0.25) is 0 Å². The SMILES string of the molecule is C1=Cc2ccccc2C1.C1=Nc2ccccc2C1.CC.CC.CC.CC.CC.CC.CC.CC.CC.CC.CC.CC.c1cc2c(cn1)OCC2.c1cc2c3c(c1)ncn3CCCO2.c1cc2c3c(c1)ncn3CCN2.c1cc2c3c(c1)ncn3CCO2.c1ccc2ncccc2c1.c1ccc2ocnc2c1.c1ccc2scnc2c1.c1cnc2c(c1)CCC2.c1cnc2c(c1)N=NC2.c1ncc2ccoc2n1. The standard InChI is InChI=1S/C10H10N2O.C9H9N3.C9H8N2O.C9H7N.C9H8.C8H9N.C8H7N.C7H7NO.C7H5NO.C7H5NS.C6H5N3.C6H4N2O.12C2H6/c1-3-8-10-9(4-1)13-6-2-5-12(10)7-11-8;1-2-7-9-8(3-1)11-6-12(9)5-4-10-7;1-2-7-9-8(3-1)12-5-4-11(9)6-10-7;1-2-6-9-8(4-1)5-3-7-10-9;1-2-5-9-7-3-6-8(9)4-1;1-3-7-4-2-6-9-8(7)5-1;1-2-4-8-7(3-1)5-6-9-8;1-3-8-5-7-6(1)2-4-9-7;2*1-2-4-7-6(3-1)8-5-9-7;1-2-5-6(7-3-1)4-8-9-5;1-2-9-6-5(1)3-7-4-8-6;12*1-2/h1,3-4,7H,2,5-6H2;1-3,6,10H,4-5H2;1-3,6H,4-5H2;1-7H;1-6H,7H2;2,4,6H,1,3,5H2;1-4,6H,5H2;1,3,5H,2,4H2;2*1-5H;1-3H,4H2;1-4H;12*1-2H3. The summed E-state index contributed by atoms with van der Waals surface area (Å²) in [6, 6.07) is 74.5. The molecule has 23 nitrogen and oxygen atoms in total. The van der Waals surface area contributed by atoms with Crippen LogP contribution >= 0.6 is 11.3 Å². The van der Waals surface area contributed by atoms with Crippen molar-refractivity contribution in [3.8, 4) is 17.2 Å². The quantitative estimate of drug-likeness (QED) is 0.148. The van der Waals surface area contributed by atoms with E-state index in [0.29, 0.717) is 12.3 Å². The third-order valence-corrected chi connectivity index (χ3v) is 20.7. The highest BCUT2D eigenvalue weighted by Crippen LogP contribution is 2.31. The average Bonchev–Trinajstić information content (AvgIpc) is 1.65. The molecule has 0 spiro atoms. The summed E-state index contributed by atoms with van der Waals surface area (Å²) in [6.45, 7) is 55.0. The molecule has 1 N–H and O–H groups in total. The third kappa shape index (κ3) is 38.6. The van der Waals surface area contributed by atoms with Gasteiger partial charge in [0.05, 0.1) is 117 Å². The molecule has 19 aromatic rings. The van der Waals surface area contributed by atoms with Crippen molar-refractivity contribution < 1.29 is 23.0 Å². The zero-order valence-corrected chi connectivity index (χ0v) is 90.1. The molecule has 0 atom stereocenters. The Kier molecular flexibility index (Phi) is 63.3. The number of ether oxygens (including phenoxy) is 3. The number of thiazole rings is 1. The summed E-state index contributed by atoms with van der Waals surface area (Å²) < 4.78 is 34.1. The molecule has 6 aliphatic heterocycles. The van der Waals surface area contributed by atoms with Crippen LogP contribution in [-0.4, -0.2) is 101 Å². The maximum atomic E-state index is 5.62. The molecule has 143 heavy (non-hydrogen) atoms. The van der Waals surface area contributed by atoms with Crippen LogP contribution in [0.25, 0.3) is 82.5 Å². The Morgan fingerprint density at radius 3 is 1.59 bits per heavy atom. The second-order valence-corrected chi connectivity index (χ2v) is 28.5. The van der Waals surface area contributed by atoms with Crippen molar-refractivity contribution in [3.63, 3.8) is 0 Å². The number of oxazole rings is 1. The van der Waals surface area contributed by atoms with Gasteiger partial charge < -0.3 is 42.1 Å². The number of azo groups is 1. The van der Waals surface area contributed by atoms with Gasteiger partial charge in [-0.25, -0.2) is 34.9 Å². The lowest BCUT2D eigenvalue weighted by Crippen LogP contribution is -2.15. The highest BCUT2D eigenvalue weighted by molar-refractivity contribution is 7.16. The lowest BCUT2D eigenvalue weighted by atomic mass is 10.1. The predicted molar refractivity (Wildman–Crippen MR) is 606 cm³/mol. The number of aliphatic imine (C=N–C) groups is 1. The number of hydrogen-bond donors (Lipinski definition) is 1. The van der Waals surface area contributed by atoms with E-state index in [4.69, 9.17) is 23.0 Å². The number of rotatable bonds is 0. The van der Waals surface area contributed by atoms with E-state index in [0.717, 1.165) is 161 Å². The molecule has 0 bridgehead atoms. The Morgan fingerprint density at radius 1 is 0.357 bits per heavy atom. The summed E-state index contributed by atoms with van der Waals surface area (Å²) in [7, 11) is 0. The number of benzene rings is 8. The molecule has 8 aliphatic rings. The van der Waals surface area contributed by atoms with Gasteiger partial charge in [-0.15, -0.1) is 11.3 Å². The summed E-state index contributed by atoms with van der Waals surface area (Å²) >= 11 is 1.68. The Morgan fingerprint density at radius 2 is 0.923 bits per heavy atom. The van der Waals surface area contributed by atoms with E-state index in [1.165, 1.54) is 86.8 Å². The van der Waals surface area contributed by atoms with E-state index in [2.05, 4.69) is 162 Å². The molecule has 0 unspecified atom stereocenters. The van der Waals surface area contributed by atoms with Gasteiger partial charge in [-0.1, -0.05) is 294 Å². The number of anilines is 1. The Labute approximate surface area is 855 Å². The Hall–Kier alpha value is -14.8. The summed E-state index contributed by atoms with van der Waals surface area (Å²) in [4.78, 5) is 49.3. The monoisotopic (exact) mass is 1950 g/mol. The molecule has 758 valence electrons. The number of para-hydroxylation sites is 8. The van der Waals surface area contributed by atoms with Crippen LogP contribution in [0.1, 0.15) is 218 Å². The van der Waals surface area contributed by atoms with E-state index in [1.54, 1.807) is 42.4 Å². The molecular weight excluding hydrogens is 1790 g/mol. The summed E-state index contributed by atoms with van der Waals surface area (Å²) in [5.74, 6) is 2.88. The third-order valence-electron chi connectivity index (χ3n) is 19.8. The van der Waals surface area contributed by atoms with Crippen molar-refractivity contribution in [3.05, 3.63) is 350 Å². The van der Waals surface area contributed by atoms with Crippen LogP contribution in [0, 0.1) is 0 Å². The Bertz CT molecular complexity index is 5970. The number of aromatic nitrogens is 14. The van der Waals surface area contributed by atoms with E-state index in [9.17, 15) is 0 Å². The molecule has 24 heteroatoms. The second kappa shape index (κ2) is 75.2. The molecule has 0 saturated carbocycles. The number of nitrogens with zero attached hydrogens (tertiary/aromatic N) is 17.